The molecule has 4 rings (SSSR count). The number of carbonyl (C=O) groups excluding carboxylic acids is 1. The molecule has 0 amide bonds. The molecule has 2 atom stereocenters. The summed E-state index contributed by atoms with van der Waals surface area (Å²) in [6.45, 7) is 6.37. The summed E-state index contributed by atoms with van der Waals surface area (Å²) in [4.78, 5) is 13.1. The number of rotatable bonds is 4. The minimum Gasteiger partial charge on any atom is -0.511 e. The van der Waals surface area contributed by atoms with Gasteiger partial charge in [-0.05, 0) is 66.8 Å². The molecule has 0 saturated heterocycles. The molecule has 2 bridgehead atoms. The van der Waals surface area contributed by atoms with E-state index in [1.807, 2.05) is 0 Å². The van der Waals surface area contributed by atoms with Crippen LogP contribution in [0.25, 0.3) is 16.7 Å². The summed E-state index contributed by atoms with van der Waals surface area (Å²) >= 11 is 0. The van der Waals surface area contributed by atoms with E-state index in [4.69, 9.17) is 0 Å². The molecule has 2 heteroatoms. The fraction of sp³-hybridized carbons (Fsp3) is 0.400. The third-order valence-corrected chi connectivity index (χ3v) is 6.39. The summed E-state index contributed by atoms with van der Waals surface area (Å²) in [5.74, 6) is 0.788. The molecular weight excluding hydrogens is 332 g/mol. The topological polar surface area (TPSA) is 37.3 Å². The van der Waals surface area contributed by atoms with Crippen molar-refractivity contribution in [2.45, 2.75) is 52.9 Å². The zero-order valence-corrected chi connectivity index (χ0v) is 16.5. The smallest absolute Gasteiger partial charge is 0.169 e. The van der Waals surface area contributed by atoms with Gasteiger partial charge in [-0.15, -0.1) is 0 Å². The molecule has 1 saturated carbocycles. The second-order valence-electron chi connectivity index (χ2n) is 8.07. The van der Waals surface area contributed by atoms with Crippen LogP contribution < -0.4 is 0 Å². The number of aliphatic hydroxyl groups excluding tert-OH is 1. The Morgan fingerprint density at radius 2 is 1.52 bits per heavy atom. The lowest BCUT2D eigenvalue weighted by Crippen LogP contribution is -2.22. The molecular formula is C25H28O2. The standard InChI is InChI=1S/C25H28O2/c1-4-16-12-21(18-8-6-15(3)7-9-18)13-17(5-2)22(16)23-24(26)19-10-11-20(14-19)25(23)27/h6-9,12-13,19-20,26H,4-5,10-11,14H2,1-3H3/t19-,20+/m1/s1. The molecule has 0 aromatic heterocycles. The molecule has 0 unspecified atom stereocenters. The molecule has 0 aliphatic heterocycles. The molecule has 2 aromatic rings. The summed E-state index contributed by atoms with van der Waals surface area (Å²) < 4.78 is 0. The maximum Gasteiger partial charge on any atom is 0.169 e. The van der Waals surface area contributed by atoms with E-state index >= 15 is 0 Å². The SMILES string of the molecule is CCc1cc(-c2ccc(C)cc2)cc(CC)c1C1=C(O)[C@@H]2CC[C@@H](C2)C1=O. The van der Waals surface area contributed by atoms with Gasteiger partial charge >= 0.3 is 0 Å². The maximum absolute atomic E-state index is 13.1. The van der Waals surface area contributed by atoms with Crippen LogP contribution in [-0.4, -0.2) is 10.9 Å². The highest BCUT2D eigenvalue weighted by atomic mass is 16.3. The molecule has 1 fully saturated rings. The Hall–Kier alpha value is -2.35. The minimum absolute atomic E-state index is 0.104. The second kappa shape index (κ2) is 6.99. The Kier molecular flexibility index (Phi) is 4.67. The Balaban J connectivity index is 1.90. The zero-order valence-electron chi connectivity index (χ0n) is 16.5. The first-order valence-electron chi connectivity index (χ1n) is 10.2. The van der Waals surface area contributed by atoms with Crippen molar-refractivity contribution >= 4 is 11.4 Å². The normalized spacial score (nSPS) is 21.8. The van der Waals surface area contributed by atoms with E-state index in [-0.39, 0.29) is 17.6 Å². The van der Waals surface area contributed by atoms with Gasteiger partial charge in [0, 0.05) is 11.8 Å². The Morgan fingerprint density at radius 3 is 2.11 bits per heavy atom. The van der Waals surface area contributed by atoms with Gasteiger partial charge in [0.05, 0.1) is 5.57 Å². The minimum atomic E-state index is 0.104. The van der Waals surface area contributed by atoms with Crippen LogP contribution in [0.1, 0.15) is 55.4 Å². The summed E-state index contributed by atoms with van der Waals surface area (Å²) in [5, 5.41) is 10.9. The molecule has 2 nitrogen and oxygen atoms in total. The van der Waals surface area contributed by atoms with Crippen LogP contribution in [0.2, 0.25) is 0 Å². The van der Waals surface area contributed by atoms with E-state index in [1.54, 1.807) is 0 Å². The highest BCUT2D eigenvalue weighted by molar-refractivity contribution is 6.24. The fourth-order valence-corrected chi connectivity index (χ4v) is 4.81. The number of ketones is 1. The van der Waals surface area contributed by atoms with Gasteiger partial charge in [0.15, 0.2) is 5.78 Å². The van der Waals surface area contributed by atoms with Gasteiger partial charge in [-0.1, -0.05) is 55.8 Å². The van der Waals surface area contributed by atoms with E-state index in [9.17, 15) is 9.90 Å². The van der Waals surface area contributed by atoms with Crippen molar-refractivity contribution in [3.8, 4) is 11.1 Å². The van der Waals surface area contributed by atoms with Gasteiger partial charge in [-0.2, -0.15) is 0 Å². The van der Waals surface area contributed by atoms with Crippen LogP contribution in [-0.2, 0) is 17.6 Å². The highest BCUT2D eigenvalue weighted by Crippen LogP contribution is 2.47. The highest BCUT2D eigenvalue weighted by Gasteiger charge is 2.42. The van der Waals surface area contributed by atoms with E-state index in [0.717, 1.165) is 37.7 Å². The predicted octanol–water partition coefficient (Wildman–Crippen LogP) is 6.05. The number of benzene rings is 2. The van der Waals surface area contributed by atoms with Gasteiger partial charge in [-0.25, -0.2) is 0 Å². The number of carbonyl (C=O) groups is 1. The summed E-state index contributed by atoms with van der Waals surface area (Å²) in [6.07, 6.45) is 4.39. The first-order chi connectivity index (χ1) is 13.0. The van der Waals surface area contributed by atoms with E-state index in [2.05, 4.69) is 57.2 Å². The number of hydrogen-bond acceptors (Lipinski definition) is 2. The second-order valence-corrected chi connectivity index (χ2v) is 8.07. The Bertz CT molecular complexity index is 893. The van der Waals surface area contributed by atoms with Crippen molar-refractivity contribution < 1.29 is 9.90 Å². The van der Waals surface area contributed by atoms with Gasteiger partial charge in [0.1, 0.15) is 5.76 Å². The molecule has 140 valence electrons. The number of fused-ring (bicyclic) bond motifs is 2. The number of aryl methyl sites for hydroxylation is 3. The third kappa shape index (κ3) is 3.01. The zero-order chi connectivity index (χ0) is 19.1. The molecule has 2 aromatic carbocycles. The summed E-state index contributed by atoms with van der Waals surface area (Å²) in [5.41, 5.74) is 7.61. The Labute approximate surface area is 161 Å². The van der Waals surface area contributed by atoms with Crippen LogP contribution in [0.15, 0.2) is 42.2 Å². The summed E-state index contributed by atoms with van der Waals surface area (Å²) in [7, 11) is 0. The van der Waals surface area contributed by atoms with Crippen molar-refractivity contribution in [2.24, 2.45) is 11.8 Å². The van der Waals surface area contributed by atoms with Gasteiger partial charge in [0.2, 0.25) is 0 Å². The van der Waals surface area contributed by atoms with Gasteiger partial charge in [0.25, 0.3) is 0 Å². The van der Waals surface area contributed by atoms with E-state index in [0.29, 0.717) is 11.3 Å². The van der Waals surface area contributed by atoms with Crippen LogP contribution in [0, 0.1) is 18.8 Å². The average molecular weight is 360 g/mol. The maximum atomic E-state index is 13.1. The average Bonchev–Trinajstić information content (AvgIpc) is 3.14. The lowest BCUT2D eigenvalue weighted by molar-refractivity contribution is -0.117. The lowest BCUT2D eigenvalue weighted by atomic mass is 9.79. The monoisotopic (exact) mass is 360 g/mol. The van der Waals surface area contributed by atoms with Crippen molar-refractivity contribution in [1.82, 2.24) is 0 Å². The molecule has 0 spiro atoms. The van der Waals surface area contributed by atoms with Crippen LogP contribution in [0.4, 0.5) is 0 Å². The van der Waals surface area contributed by atoms with Crippen molar-refractivity contribution in [3.63, 3.8) is 0 Å². The van der Waals surface area contributed by atoms with E-state index in [1.165, 1.54) is 27.8 Å². The molecule has 2 aliphatic carbocycles. The molecule has 0 radical (unpaired) electrons. The van der Waals surface area contributed by atoms with Gasteiger partial charge < -0.3 is 5.11 Å². The van der Waals surface area contributed by atoms with Gasteiger partial charge in [-0.3, -0.25) is 4.79 Å². The molecule has 0 heterocycles. The predicted molar refractivity (Wildman–Crippen MR) is 111 cm³/mol. The molecule has 1 N–H and O–H groups in total. The first kappa shape index (κ1) is 18.0. The number of hydrogen-bond donors (Lipinski definition) is 1. The third-order valence-electron chi connectivity index (χ3n) is 6.39. The lowest BCUT2D eigenvalue weighted by Gasteiger charge is -2.25. The number of aliphatic hydroxyl groups is 1. The fourth-order valence-electron chi connectivity index (χ4n) is 4.81. The molecule has 2 aliphatic rings. The quantitative estimate of drug-likeness (QED) is 0.720. The van der Waals surface area contributed by atoms with Crippen LogP contribution >= 0.6 is 0 Å². The Morgan fingerprint density at radius 1 is 0.926 bits per heavy atom. The van der Waals surface area contributed by atoms with E-state index < -0.39 is 0 Å². The number of allylic oxidation sites excluding steroid dienone is 2. The van der Waals surface area contributed by atoms with Crippen molar-refractivity contribution in [3.05, 3.63) is 64.4 Å². The first-order valence-corrected chi connectivity index (χ1v) is 10.2. The largest absolute Gasteiger partial charge is 0.511 e. The van der Waals surface area contributed by atoms with Crippen molar-refractivity contribution in [2.75, 3.05) is 0 Å². The number of Topliss-reactive ketones (excluding diaryl/α,β-unsaturated/α-hetero) is 1. The molecule has 27 heavy (non-hydrogen) atoms. The van der Waals surface area contributed by atoms with Crippen molar-refractivity contribution in [1.29, 1.82) is 0 Å². The van der Waals surface area contributed by atoms with Crippen LogP contribution in [0.3, 0.4) is 0 Å². The summed E-state index contributed by atoms with van der Waals surface area (Å²) in [6, 6.07) is 13.0. The van der Waals surface area contributed by atoms with Crippen LogP contribution in [0.5, 0.6) is 0 Å².